The second kappa shape index (κ2) is 8.42. The number of aromatic hydroxyl groups is 1. The largest absolute Gasteiger partial charge is 0.506 e. The molecule has 148 valence electrons. The summed E-state index contributed by atoms with van der Waals surface area (Å²) >= 11 is 0. The Hall–Kier alpha value is -2.89. The molecule has 28 heavy (non-hydrogen) atoms. The number of para-hydroxylation sites is 3. The van der Waals surface area contributed by atoms with Gasteiger partial charge in [0.1, 0.15) is 5.75 Å². The molecule has 2 aliphatic rings. The van der Waals surface area contributed by atoms with E-state index in [-0.39, 0.29) is 6.03 Å². The van der Waals surface area contributed by atoms with E-state index in [9.17, 15) is 9.90 Å². The number of nitrogens with zero attached hydrogens (tertiary/aromatic N) is 3. The Morgan fingerprint density at radius 2 is 1.64 bits per heavy atom. The summed E-state index contributed by atoms with van der Waals surface area (Å²) in [7, 11) is 0. The average Bonchev–Trinajstić information content (AvgIpc) is 3.22. The average molecular weight is 380 g/mol. The second-order valence-electron chi connectivity index (χ2n) is 7.59. The third-order valence-corrected chi connectivity index (χ3v) is 5.74. The number of anilines is 2. The molecule has 0 aliphatic carbocycles. The number of amides is 2. The van der Waals surface area contributed by atoms with Crippen molar-refractivity contribution in [2.75, 3.05) is 55.6 Å². The smallest absolute Gasteiger partial charge is 0.317 e. The van der Waals surface area contributed by atoms with Crippen LogP contribution in [0, 0.1) is 5.92 Å². The van der Waals surface area contributed by atoms with E-state index in [0.29, 0.717) is 24.8 Å². The van der Waals surface area contributed by atoms with Crippen molar-refractivity contribution in [3.05, 3.63) is 54.6 Å². The minimum absolute atomic E-state index is 0.0232. The summed E-state index contributed by atoms with van der Waals surface area (Å²) in [5.41, 5.74) is 2.10. The molecule has 2 aromatic carbocycles. The quantitative estimate of drug-likeness (QED) is 0.856. The zero-order valence-corrected chi connectivity index (χ0v) is 16.1. The van der Waals surface area contributed by atoms with Gasteiger partial charge in [-0.3, -0.25) is 0 Å². The van der Waals surface area contributed by atoms with Crippen LogP contribution >= 0.6 is 0 Å². The van der Waals surface area contributed by atoms with Crippen LogP contribution in [0.1, 0.15) is 6.42 Å². The minimum Gasteiger partial charge on any atom is -0.506 e. The predicted octanol–water partition coefficient (Wildman–Crippen LogP) is 2.75. The molecule has 1 atom stereocenters. The first-order valence-electron chi connectivity index (χ1n) is 10.1. The van der Waals surface area contributed by atoms with Gasteiger partial charge >= 0.3 is 6.03 Å². The maximum Gasteiger partial charge on any atom is 0.317 e. The minimum atomic E-state index is 0.0232. The van der Waals surface area contributed by atoms with Gasteiger partial charge in [0.15, 0.2) is 0 Å². The van der Waals surface area contributed by atoms with Gasteiger partial charge in [-0.25, -0.2) is 4.79 Å². The molecule has 0 bridgehead atoms. The van der Waals surface area contributed by atoms with Crippen molar-refractivity contribution in [1.29, 1.82) is 0 Å². The highest BCUT2D eigenvalue weighted by molar-refractivity contribution is 5.74. The maximum atomic E-state index is 12.5. The summed E-state index contributed by atoms with van der Waals surface area (Å²) in [5, 5.41) is 13.1. The Balaban J connectivity index is 1.22. The number of carbonyl (C=O) groups is 1. The summed E-state index contributed by atoms with van der Waals surface area (Å²) in [6, 6.07) is 17.9. The van der Waals surface area contributed by atoms with Gasteiger partial charge in [0.2, 0.25) is 0 Å². The fourth-order valence-corrected chi connectivity index (χ4v) is 4.10. The predicted molar refractivity (Wildman–Crippen MR) is 112 cm³/mol. The molecule has 0 aromatic heterocycles. The van der Waals surface area contributed by atoms with Crippen LogP contribution in [0.3, 0.4) is 0 Å². The first kappa shape index (κ1) is 18.5. The van der Waals surface area contributed by atoms with E-state index in [1.807, 2.05) is 29.2 Å². The zero-order valence-electron chi connectivity index (χ0n) is 16.1. The van der Waals surface area contributed by atoms with Crippen LogP contribution in [0.2, 0.25) is 0 Å². The van der Waals surface area contributed by atoms with Gasteiger partial charge in [-0.15, -0.1) is 0 Å². The number of hydrogen-bond acceptors (Lipinski definition) is 4. The fourth-order valence-electron chi connectivity index (χ4n) is 4.10. The summed E-state index contributed by atoms with van der Waals surface area (Å²) in [5.74, 6) is 0.788. The molecule has 2 aromatic rings. The molecule has 2 N–H and O–H groups in total. The molecule has 6 heteroatoms. The Labute approximate surface area is 166 Å². The van der Waals surface area contributed by atoms with E-state index in [4.69, 9.17) is 0 Å². The van der Waals surface area contributed by atoms with Crippen molar-refractivity contribution >= 4 is 17.4 Å². The monoisotopic (exact) mass is 380 g/mol. The van der Waals surface area contributed by atoms with E-state index >= 15 is 0 Å². The normalized spacial score (nSPS) is 19.7. The van der Waals surface area contributed by atoms with Gasteiger partial charge in [0, 0.05) is 51.5 Å². The van der Waals surface area contributed by atoms with E-state index < -0.39 is 0 Å². The van der Waals surface area contributed by atoms with Crippen LogP contribution in [0.4, 0.5) is 16.2 Å². The Morgan fingerprint density at radius 1 is 0.929 bits per heavy atom. The molecule has 1 unspecified atom stereocenters. The molecular weight excluding hydrogens is 352 g/mol. The van der Waals surface area contributed by atoms with Crippen molar-refractivity contribution in [1.82, 2.24) is 10.2 Å². The molecule has 0 saturated carbocycles. The highest BCUT2D eigenvalue weighted by atomic mass is 16.3. The third-order valence-electron chi connectivity index (χ3n) is 5.74. The van der Waals surface area contributed by atoms with Gasteiger partial charge in [-0.2, -0.15) is 0 Å². The Bertz CT molecular complexity index is 790. The number of piperazine rings is 1. The van der Waals surface area contributed by atoms with Crippen molar-refractivity contribution in [2.45, 2.75) is 6.42 Å². The standard InChI is InChI=1S/C22H28N4O2/c27-21-9-5-4-8-20(21)24-12-14-25(15-13-24)22(28)23-16-18-10-11-26(17-18)19-6-2-1-3-7-19/h1-9,18,27H,10-17H2,(H,23,28). The number of rotatable bonds is 4. The van der Waals surface area contributed by atoms with E-state index in [1.165, 1.54) is 5.69 Å². The van der Waals surface area contributed by atoms with E-state index in [2.05, 4.69) is 39.4 Å². The summed E-state index contributed by atoms with van der Waals surface area (Å²) in [4.78, 5) is 18.9. The molecule has 6 nitrogen and oxygen atoms in total. The maximum absolute atomic E-state index is 12.5. The number of hydrogen-bond donors (Lipinski definition) is 2. The van der Waals surface area contributed by atoms with E-state index in [0.717, 1.165) is 44.8 Å². The van der Waals surface area contributed by atoms with Gasteiger partial charge in [0.05, 0.1) is 5.69 Å². The molecule has 2 heterocycles. The van der Waals surface area contributed by atoms with Crippen LogP contribution < -0.4 is 15.1 Å². The highest BCUT2D eigenvalue weighted by Crippen LogP contribution is 2.27. The molecule has 2 aliphatic heterocycles. The molecular formula is C22H28N4O2. The van der Waals surface area contributed by atoms with Crippen LogP contribution in [0.25, 0.3) is 0 Å². The number of nitrogens with one attached hydrogen (secondary N) is 1. The lowest BCUT2D eigenvalue weighted by molar-refractivity contribution is 0.193. The third kappa shape index (κ3) is 4.16. The van der Waals surface area contributed by atoms with Gasteiger partial charge in [-0.1, -0.05) is 30.3 Å². The van der Waals surface area contributed by atoms with Crippen LogP contribution in [-0.2, 0) is 0 Å². The number of carbonyl (C=O) groups excluding carboxylic acids is 1. The summed E-state index contributed by atoms with van der Waals surface area (Å²) in [6.07, 6.45) is 1.11. The van der Waals surface area contributed by atoms with Crippen LogP contribution in [0.5, 0.6) is 5.75 Å². The van der Waals surface area contributed by atoms with Crippen molar-refractivity contribution in [3.8, 4) is 5.75 Å². The second-order valence-corrected chi connectivity index (χ2v) is 7.59. The summed E-state index contributed by atoms with van der Waals surface area (Å²) < 4.78 is 0. The van der Waals surface area contributed by atoms with Gasteiger partial charge in [0.25, 0.3) is 0 Å². The molecule has 2 saturated heterocycles. The van der Waals surface area contributed by atoms with Gasteiger partial charge in [-0.05, 0) is 36.6 Å². The topological polar surface area (TPSA) is 59.1 Å². The molecule has 4 rings (SSSR count). The zero-order chi connectivity index (χ0) is 19.3. The highest BCUT2D eigenvalue weighted by Gasteiger charge is 2.26. The molecule has 0 radical (unpaired) electrons. The lowest BCUT2D eigenvalue weighted by Crippen LogP contribution is -2.52. The number of urea groups is 1. The number of phenolic OH excluding ortho intramolecular Hbond substituents is 1. The van der Waals surface area contributed by atoms with Crippen molar-refractivity contribution in [2.24, 2.45) is 5.92 Å². The molecule has 2 amide bonds. The van der Waals surface area contributed by atoms with Crippen molar-refractivity contribution in [3.63, 3.8) is 0 Å². The van der Waals surface area contributed by atoms with Crippen LogP contribution in [-0.4, -0.2) is 61.9 Å². The Morgan fingerprint density at radius 3 is 2.39 bits per heavy atom. The first-order valence-corrected chi connectivity index (χ1v) is 10.1. The fraction of sp³-hybridized carbons (Fsp3) is 0.409. The summed E-state index contributed by atoms with van der Waals surface area (Å²) in [6.45, 7) is 5.56. The van der Waals surface area contributed by atoms with E-state index in [1.54, 1.807) is 6.07 Å². The first-order chi connectivity index (χ1) is 13.7. The Kier molecular flexibility index (Phi) is 5.55. The SMILES string of the molecule is O=C(NCC1CCN(c2ccccc2)C1)N1CCN(c2ccccc2O)CC1. The molecule has 0 spiro atoms. The van der Waals surface area contributed by atoms with Gasteiger partial charge < -0.3 is 25.1 Å². The number of phenols is 1. The lowest BCUT2D eigenvalue weighted by atomic mass is 10.1. The van der Waals surface area contributed by atoms with Crippen LogP contribution in [0.15, 0.2) is 54.6 Å². The molecule has 2 fully saturated rings. The van der Waals surface area contributed by atoms with Crippen molar-refractivity contribution < 1.29 is 9.90 Å². The lowest BCUT2D eigenvalue weighted by Gasteiger charge is -2.36. The number of benzene rings is 2.